The number of imide groups is 1. The van der Waals surface area contributed by atoms with Gasteiger partial charge in [-0.2, -0.15) is 13.2 Å². The molecule has 3 rings (SSSR count). The molecule has 0 unspecified atom stereocenters. The summed E-state index contributed by atoms with van der Waals surface area (Å²) in [7, 11) is 1.51. The van der Waals surface area contributed by atoms with Gasteiger partial charge in [0.2, 0.25) is 0 Å². The maximum absolute atomic E-state index is 12.7. The highest BCUT2D eigenvalue weighted by Crippen LogP contribution is 2.25. The van der Waals surface area contributed by atoms with Gasteiger partial charge < -0.3 is 15.4 Å². The SMILES string of the molecule is COCCCN1C(=O)c2ccc(C(=O)Nc3ccccc3CNC(=O)C(F)(F)F)cc2C1=O. The normalized spacial score (nSPS) is 13.2. The number of halogens is 3. The monoisotopic (exact) mass is 463 g/mol. The van der Waals surface area contributed by atoms with Crippen LogP contribution in [0.3, 0.4) is 0 Å². The lowest BCUT2D eigenvalue weighted by atomic mass is 10.0. The summed E-state index contributed by atoms with van der Waals surface area (Å²) in [5.41, 5.74) is 0.803. The van der Waals surface area contributed by atoms with Crippen molar-refractivity contribution in [2.24, 2.45) is 0 Å². The minimum atomic E-state index is -5.02. The van der Waals surface area contributed by atoms with Crippen molar-refractivity contribution < 1.29 is 37.1 Å². The molecule has 2 N–H and O–H groups in total. The van der Waals surface area contributed by atoms with Gasteiger partial charge in [0.15, 0.2) is 0 Å². The first-order valence-corrected chi connectivity index (χ1v) is 9.87. The van der Waals surface area contributed by atoms with Crippen molar-refractivity contribution in [3.05, 3.63) is 64.7 Å². The largest absolute Gasteiger partial charge is 0.471 e. The van der Waals surface area contributed by atoms with Crippen molar-refractivity contribution in [1.82, 2.24) is 10.2 Å². The number of rotatable bonds is 8. The predicted molar refractivity (Wildman–Crippen MR) is 111 cm³/mol. The van der Waals surface area contributed by atoms with Gasteiger partial charge in [-0.15, -0.1) is 0 Å². The van der Waals surface area contributed by atoms with Crippen molar-refractivity contribution in [3.63, 3.8) is 0 Å². The number of anilines is 1. The number of methoxy groups -OCH3 is 1. The Hall–Kier alpha value is -3.73. The Bertz CT molecular complexity index is 1100. The molecule has 0 spiro atoms. The third-order valence-electron chi connectivity index (χ3n) is 4.93. The molecule has 1 heterocycles. The lowest BCUT2D eigenvalue weighted by molar-refractivity contribution is -0.173. The zero-order valence-corrected chi connectivity index (χ0v) is 17.5. The fourth-order valence-corrected chi connectivity index (χ4v) is 3.27. The Kier molecular flexibility index (Phi) is 7.12. The summed E-state index contributed by atoms with van der Waals surface area (Å²) in [6.07, 6.45) is -4.55. The predicted octanol–water partition coefficient (Wildman–Crippen LogP) is 2.75. The van der Waals surface area contributed by atoms with Crippen molar-refractivity contribution in [2.75, 3.05) is 25.6 Å². The summed E-state index contributed by atoms with van der Waals surface area (Å²) < 4.78 is 42.2. The van der Waals surface area contributed by atoms with Gasteiger partial charge in [0.25, 0.3) is 17.7 Å². The molecule has 0 aliphatic carbocycles. The number of fused-ring (bicyclic) bond motifs is 1. The highest BCUT2D eigenvalue weighted by molar-refractivity contribution is 6.22. The average Bonchev–Trinajstić information content (AvgIpc) is 3.02. The molecule has 0 fully saturated rings. The standard InChI is InChI=1S/C22H20F3N3O5/c1-33-10-4-9-28-19(30)15-8-7-13(11-16(15)20(28)31)18(29)27-17-6-3-2-5-14(17)12-26-21(32)22(23,24)25/h2-3,5-8,11H,4,9-10,12H2,1H3,(H,26,32)(H,27,29). The maximum Gasteiger partial charge on any atom is 0.471 e. The van der Waals surface area contributed by atoms with E-state index in [1.807, 2.05) is 0 Å². The fraction of sp³-hybridized carbons (Fsp3) is 0.273. The number of nitrogens with one attached hydrogen (secondary N) is 2. The Labute approximate surface area is 186 Å². The first-order chi connectivity index (χ1) is 15.6. The highest BCUT2D eigenvalue weighted by atomic mass is 19.4. The third-order valence-corrected chi connectivity index (χ3v) is 4.93. The highest BCUT2D eigenvalue weighted by Gasteiger charge is 2.38. The van der Waals surface area contributed by atoms with E-state index in [1.165, 1.54) is 37.4 Å². The van der Waals surface area contributed by atoms with E-state index in [0.717, 1.165) is 4.90 Å². The van der Waals surface area contributed by atoms with Gasteiger partial charge in [-0.3, -0.25) is 24.1 Å². The van der Waals surface area contributed by atoms with Crippen LogP contribution in [0, 0.1) is 0 Å². The van der Waals surface area contributed by atoms with Crippen LogP contribution in [0.4, 0.5) is 18.9 Å². The van der Waals surface area contributed by atoms with Gasteiger partial charge >= 0.3 is 12.1 Å². The fourth-order valence-electron chi connectivity index (χ4n) is 3.27. The summed E-state index contributed by atoms with van der Waals surface area (Å²) in [5.74, 6) is -3.70. The Morgan fingerprint density at radius 3 is 2.42 bits per heavy atom. The molecule has 33 heavy (non-hydrogen) atoms. The number of carbonyl (C=O) groups is 4. The molecule has 0 saturated heterocycles. The van der Waals surface area contributed by atoms with Crippen molar-refractivity contribution >= 4 is 29.3 Å². The molecule has 0 atom stereocenters. The number of hydrogen-bond acceptors (Lipinski definition) is 5. The van der Waals surface area contributed by atoms with E-state index in [4.69, 9.17) is 4.74 Å². The Balaban J connectivity index is 1.74. The van der Waals surface area contributed by atoms with E-state index in [1.54, 1.807) is 17.4 Å². The van der Waals surface area contributed by atoms with Crippen LogP contribution in [0.25, 0.3) is 0 Å². The number of hydrogen-bond donors (Lipinski definition) is 2. The van der Waals surface area contributed by atoms with Crippen LogP contribution in [0.2, 0.25) is 0 Å². The second kappa shape index (κ2) is 9.82. The molecule has 8 nitrogen and oxygen atoms in total. The molecule has 0 radical (unpaired) electrons. The van der Waals surface area contributed by atoms with Crippen LogP contribution >= 0.6 is 0 Å². The van der Waals surface area contributed by atoms with Crippen LogP contribution in [0.15, 0.2) is 42.5 Å². The van der Waals surface area contributed by atoms with E-state index in [0.29, 0.717) is 13.0 Å². The summed E-state index contributed by atoms with van der Waals surface area (Å²) in [6.45, 7) is 0.102. The van der Waals surface area contributed by atoms with Gasteiger partial charge in [-0.25, -0.2) is 0 Å². The van der Waals surface area contributed by atoms with E-state index < -0.39 is 36.3 Å². The minimum Gasteiger partial charge on any atom is -0.385 e. The minimum absolute atomic E-state index is 0.0859. The third kappa shape index (κ3) is 5.37. The molecule has 2 aromatic rings. The zero-order chi connectivity index (χ0) is 24.2. The molecule has 0 aromatic heterocycles. The smallest absolute Gasteiger partial charge is 0.385 e. The molecule has 11 heteroatoms. The summed E-state index contributed by atoms with van der Waals surface area (Å²) >= 11 is 0. The number of nitrogens with zero attached hydrogens (tertiary/aromatic N) is 1. The van der Waals surface area contributed by atoms with Gasteiger partial charge in [0, 0.05) is 38.1 Å². The van der Waals surface area contributed by atoms with Gasteiger partial charge in [0.1, 0.15) is 0 Å². The van der Waals surface area contributed by atoms with E-state index >= 15 is 0 Å². The lowest BCUT2D eigenvalue weighted by Gasteiger charge is -2.13. The molecule has 1 aliphatic heterocycles. The van der Waals surface area contributed by atoms with Crippen molar-refractivity contribution in [3.8, 4) is 0 Å². The van der Waals surface area contributed by atoms with Crippen molar-refractivity contribution in [2.45, 2.75) is 19.1 Å². The quantitative estimate of drug-likeness (QED) is 0.463. The van der Waals surface area contributed by atoms with Crippen LogP contribution in [0.5, 0.6) is 0 Å². The number of alkyl halides is 3. The van der Waals surface area contributed by atoms with E-state index in [-0.39, 0.29) is 34.5 Å². The molecular weight excluding hydrogens is 443 g/mol. The zero-order valence-electron chi connectivity index (χ0n) is 17.5. The number of para-hydroxylation sites is 1. The van der Waals surface area contributed by atoms with Gasteiger partial charge in [-0.05, 0) is 36.2 Å². The second-order valence-corrected chi connectivity index (χ2v) is 7.16. The van der Waals surface area contributed by atoms with Crippen LogP contribution in [-0.2, 0) is 16.1 Å². The van der Waals surface area contributed by atoms with Gasteiger partial charge in [-0.1, -0.05) is 18.2 Å². The molecule has 1 aliphatic rings. The summed E-state index contributed by atoms with van der Waals surface area (Å²) in [5, 5.41) is 4.31. The number of benzene rings is 2. The summed E-state index contributed by atoms with van der Waals surface area (Å²) in [4.78, 5) is 50.0. The van der Waals surface area contributed by atoms with Crippen molar-refractivity contribution in [1.29, 1.82) is 0 Å². The maximum atomic E-state index is 12.7. The number of carbonyl (C=O) groups excluding carboxylic acids is 4. The summed E-state index contributed by atoms with van der Waals surface area (Å²) in [6, 6.07) is 10.1. The molecular formula is C22H20F3N3O5. The molecule has 0 saturated carbocycles. The number of amides is 4. The van der Waals surface area contributed by atoms with E-state index in [2.05, 4.69) is 5.32 Å². The first-order valence-electron chi connectivity index (χ1n) is 9.87. The lowest BCUT2D eigenvalue weighted by Crippen LogP contribution is -2.36. The van der Waals surface area contributed by atoms with Crippen LogP contribution in [-0.4, -0.2) is 55.0 Å². The molecule has 174 valence electrons. The molecule has 2 aromatic carbocycles. The Morgan fingerprint density at radius 1 is 1.03 bits per heavy atom. The number of ether oxygens (including phenoxy) is 1. The Morgan fingerprint density at radius 2 is 1.73 bits per heavy atom. The average molecular weight is 463 g/mol. The second-order valence-electron chi connectivity index (χ2n) is 7.16. The van der Waals surface area contributed by atoms with Crippen LogP contribution < -0.4 is 10.6 Å². The molecule has 4 amide bonds. The van der Waals surface area contributed by atoms with Gasteiger partial charge in [0.05, 0.1) is 11.1 Å². The van der Waals surface area contributed by atoms with E-state index in [9.17, 15) is 32.3 Å². The first kappa shape index (κ1) is 23.9. The molecule has 0 bridgehead atoms. The van der Waals surface area contributed by atoms with Crippen LogP contribution in [0.1, 0.15) is 43.1 Å². The topological polar surface area (TPSA) is 105 Å².